The van der Waals surface area contributed by atoms with Crippen LogP contribution in [0.3, 0.4) is 0 Å². The van der Waals surface area contributed by atoms with E-state index in [0.29, 0.717) is 12.8 Å². The Kier molecular flexibility index (Phi) is 5.39. The van der Waals surface area contributed by atoms with Crippen LogP contribution >= 0.6 is 0 Å². The first-order valence-electron chi connectivity index (χ1n) is 12.4. The quantitative estimate of drug-likeness (QED) is 0.475. The summed E-state index contributed by atoms with van der Waals surface area (Å²) < 4.78 is 6.33. The molecular formula is C28H37NO4. The minimum Gasteiger partial charge on any atom is -0.388 e. The number of carbonyl (C=O) groups excluding carboxylic acids is 1. The molecule has 2 heterocycles. The number of hydrogen-bond donors (Lipinski definition) is 3. The van der Waals surface area contributed by atoms with Gasteiger partial charge in [0.2, 0.25) is 5.91 Å². The lowest BCUT2D eigenvalue weighted by atomic mass is 9.51. The molecule has 0 aromatic heterocycles. The molecule has 0 radical (unpaired) electrons. The lowest BCUT2D eigenvalue weighted by molar-refractivity contribution is -0.142. The van der Waals surface area contributed by atoms with E-state index in [0.717, 1.165) is 6.42 Å². The number of benzene rings is 1. The van der Waals surface area contributed by atoms with Crippen molar-refractivity contribution in [2.24, 2.45) is 29.1 Å². The normalized spacial score (nSPS) is 50.7. The minimum atomic E-state index is -1.04. The van der Waals surface area contributed by atoms with Gasteiger partial charge in [-0.05, 0) is 50.5 Å². The van der Waals surface area contributed by atoms with Gasteiger partial charge < -0.3 is 20.3 Å². The number of carbonyl (C=O) groups is 1. The molecule has 10 atom stereocenters. The van der Waals surface area contributed by atoms with Crippen LogP contribution in [0.15, 0.2) is 54.6 Å². The van der Waals surface area contributed by atoms with Crippen LogP contribution in [-0.2, 0) is 16.0 Å². The molecule has 3 fully saturated rings. The Labute approximate surface area is 196 Å². The summed E-state index contributed by atoms with van der Waals surface area (Å²) in [5, 5.41) is 25.9. The third-order valence-electron chi connectivity index (χ3n) is 8.97. The molecule has 1 amide bonds. The van der Waals surface area contributed by atoms with Gasteiger partial charge in [0.05, 0.1) is 28.8 Å². The minimum absolute atomic E-state index is 0.0902. The SMILES string of the molecule is CC1C/C=C/[C@H]2[C@@H]3O[C@]3(C)[C@@H](C)[C@H]3[C@H](Cc4ccccc4)NC(=O)[C@]32[C@H](O)/C=C/[C@](C)(O)C1. The van der Waals surface area contributed by atoms with E-state index < -0.39 is 17.1 Å². The highest BCUT2D eigenvalue weighted by molar-refractivity contribution is 5.88. The molecule has 5 heteroatoms. The van der Waals surface area contributed by atoms with Gasteiger partial charge >= 0.3 is 0 Å². The third kappa shape index (κ3) is 3.51. The number of aliphatic hydroxyl groups is 2. The number of amides is 1. The third-order valence-corrected chi connectivity index (χ3v) is 8.97. The number of hydrogen-bond acceptors (Lipinski definition) is 4. The Hall–Kier alpha value is -1.95. The smallest absolute Gasteiger partial charge is 0.230 e. The summed E-state index contributed by atoms with van der Waals surface area (Å²) in [6, 6.07) is 10.1. The van der Waals surface area contributed by atoms with Crippen molar-refractivity contribution in [2.75, 3.05) is 0 Å². The summed E-state index contributed by atoms with van der Waals surface area (Å²) in [6.07, 6.45) is 8.65. The summed E-state index contributed by atoms with van der Waals surface area (Å²) in [5.41, 5.74) is -1.20. The number of epoxide rings is 1. The Balaban J connectivity index is 1.63. The second-order valence-electron chi connectivity index (χ2n) is 11.4. The first-order valence-corrected chi connectivity index (χ1v) is 12.4. The molecule has 1 aromatic rings. The number of rotatable bonds is 2. The van der Waals surface area contributed by atoms with Crippen molar-refractivity contribution < 1.29 is 19.7 Å². The van der Waals surface area contributed by atoms with Crippen molar-refractivity contribution in [2.45, 2.75) is 76.4 Å². The monoisotopic (exact) mass is 451 g/mol. The molecular weight excluding hydrogens is 414 g/mol. The maximum atomic E-state index is 13.9. The number of nitrogens with one attached hydrogen (secondary N) is 1. The fraction of sp³-hybridized carbons (Fsp3) is 0.607. The van der Waals surface area contributed by atoms with Crippen LogP contribution in [0.5, 0.6) is 0 Å². The van der Waals surface area contributed by atoms with Gasteiger partial charge in [0, 0.05) is 17.9 Å². The summed E-state index contributed by atoms with van der Waals surface area (Å²) >= 11 is 0. The molecule has 3 N–H and O–H groups in total. The Morgan fingerprint density at radius 1 is 1.15 bits per heavy atom. The molecule has 1 spiro atoms. The van der Waals surface area contributed by atoms with Gasteiger partial charge in [-0.2, -0.15) is 0 Å². The standard InChI is InChI=1S/C28H37NO4/c1-17-9-8-12-20-24-27(4,33-24)18(2)23-21(15-19-10-6-5-7-11-19)29-25(31)28(20,23)22(30)13-14-26(3,32)16-17/h5-8,10-14,17-18,20-24,30,32H,9,15-16H2,1-4H3,(H,29,31)/b12-8+,14-13+/t17?,18-,20-,21-,22+,23-,24-,26-,27+,28+/m0/s1. The van der Waals surface area contributed by atoms with Crippen LogP contribution in [0.1, 0.15) is 46.1 Å². The van der Waals surface area contributed by atoms with Crippen molar-refractivity contribution >= 4 is 5.91 Å². The molecule has 178 valence electrons. The molecule has 4 aliphatic rings. The highest BCUT2D eigenvalue weighted by Crippen LogP contribution is 2.66. The molecule has 1 saturated carbocycles. The molecule has 1 unspecified atom stereocenters. The molecule has 0 bridgehead atoms. The predicted molar refractivity (Wildman–Crippen MR) is 127 cm³/mol. The zero-order valence-electron chi connectivity index (χ0n) is 20.1. The number of fused-ring (bicyclic) bond motifs is 2. The van der Waals surface area contributed by atoms with Crippen LogP contribution in [-0.4, -0.2) is 45.6 Å². The van der Waals surface area contributed by atoms with E-state index in [9.17, 15) is 15.0 Å². The lowest BCUT2D eigenvalue weighted by Crippen LogP contribution is -2.59. The second-order valence-corrected chi connectivity index (χ2v) is 11.4. The van der Waals surface area contributed by atoms with Crippen LogP contribution < -0.4 is 5.32 Å². The zero-order valence-corrected chi connectivity index (χ0v) is 20.1. The average molecular weight is 452 g/mol. The van der Waals surface area contributed by atoms with E-state index in [1.165, 1.54) is 5.56 Å². The van der Waals surface area contributed by atoms with Crippen LogP contribution in [0, 0.1) is 29.1 Å². The van der Waals surface area contributed by atoms with E-state index >= 15 is 0 Å². The molecule has 1 aromatic carbocycles. The van der Waals surface area contributed by atoms with Crippen molar-refractivity contribution in [1.29, 1.82) is 0 Å². The molecule has 5 rings (SSSR count). The van der Waals surface area contributed by atoms with Gasteiger partial charge in [-0.3, -0.25) is 4.79 Å². The number of allylic oxidation sites excluding steroid dienone is 1. The van der Waals surface area contributed by atoms with Gasteiger partial charge in [-0.25, -0.2) is 0 Å². The molecule has 2 aliphatic heterocycles. The lowest BCUT2D eigenvalue weighted by Gasteiger charge is -2.48. The summed E-state index contributed by atoms with van der Waals surface area (Å²) in [6.45, 7) is 8.23. The van der Waals surface area contributed by atoms with Crippen LogP contribution in [0.2, 0.25) is 0 Å². The zero-order chi connectivity index (χ0) is 23.6. The maximum absolute atomic E-state index is 13.9. The number of aliphatic hydroxyl groups excluding tert-OH is 1. The van der Waals surface area contributed by atoms with E-state index in [4.69, 9.17) is 4.74 Å². The molecule has 5 nitrogen and oxygen atoms in total. The van der Waals surface area contributed by atoms with E-state index in [1.807, 2.05) is 18.2 Å². The highest BCUT2D eigenvalue weighted by atomic mass is 16.6. The molecule has 2 saturated heterocycles. The Bertz CT molecular complexity index is 971. The van der Waals surface area contributed by atoms with Gasteiger partial charge in [0.1, 0.15) is 0 Å². The van der Waals surface area contributed by atoms with Crippen molar-refractivity contribution in [1.82, 2.24) is 5.32 Å². The van der Waals surface area contributed by atoms with Gasteiger partial charge in [0.25, 0.3) is 0 Å². The Morgan fingerprint density at radius 3 is 2.61 bits per heavy atom. The summed E-state index contributed by atoms with van der Waals surface area (Å²) in [4.78, 5) is 13.9. The summed E-state index contributed by atoms with van der Waals surface area (Å²) in [7, 11) is 0. The topological polar surface area (TPSA) is 82.1 Å². The molecule has 2 aliphatic carbocycles. The molecule has 33 heavy (non-hydrogen) atoms. The second kappa shape index (κ2) is 7.79. The largest absolute Gasteiger partial charge is 0.388 e. The highest BCUT2D eigenvalue weighted by Gasteiger charge is 2.77. The van der Waals surface area contributed by atoms with E-state index in [-0.39, 0.29) is 47.3 Å². The van der Waals surface area contributed by atoms with Gasteiger partial charge in [-0.15, -0.1) is 0 Å². The summed E-state index contributed by atoms with van der Waals surface area (Å²) in [5.74, 6) is -0.0603. The fourth-order valence-corrected chi connectivity index (χ4v) is 7.25. The van der Waals surface area contributed by atoms with Gasteiger partial charge in [0.15, 0.2) is 0 Å². The van der Waals surface area contributed by atoms with Crippen LogP contribution in [0.25, 0.3) is 0 Å². The van der Waals surface area contributed by atoms with Crippen LogP contribution in [0.4, 0.5) is 0 Å². The van der Waals surface area contributed by atoms with Crippen molar-refractivity contribution in [3.63, 3.8) is 0 Å². The average Bonchev–Trinajstić information content (AvgIpc) is 3.37. The van der Waals surface area contributed by atoms with E-state index in [2.05, 4.69) is 50.4 Å². The predicted octanol–water partition coefficient (Wildman–Crippen LogP) is 3.41. The fourth-order valence-electron chi connectivity index (χ4n) is 7.25. The first kappa shape index (κ1) is 22.8. The van der Waals surface area contributed by atoms with Crippen molar-refractivity contribution in [3.05, 3.63) is 60.2 Å². The van der Waals surface area contributed by atoms with E-state index in [1.54, 1.807) is 19.1 Å². The van der Waals surface area contributed by atoms with Crippen molar-refractivity contribution in [3.8, 4) is 0 Å². The number of ether oxygens (including phenoxy) is 1. The first-order chi connectivity index (χ1) is 15.6. The maximum Gasteiger partial charge on any atom is 0.230 e. The van der Waals surface area contributed by atoms with Gasteiger partial charge in [-0.1, -0.05) is 68.5 Å². The Morgan fingerprint density at radius 2 is 1.88 bits per heavy atom.